The van der Waals surface area contributed by atoms with Gasteiger partial charge in [-0.25, -0.2) is 0 Å². The van der Waals surface area contributed by atoms with Crippen molar-refractivity contribution in [2.24, 2.45) is 0 Å². The Hall–Kier alpha value is -0.930. The molecule has 3 rings (SSSR count). The molecule has 1 atom stereocenters. The molecule has 1 N–H and O–H groups in total. The maximum Gasteiger partial charge on any atom is 0.246 e. The van der Waals surface area contributed by atoms with Crippen LogP contribution in [0.3, 0.4) is 0 Å². The molecule has 0 saturated carbocycles. The van der Waals surface area contributed by atoms with Crippen LogP contribution in [0.2, 0.25) is 5.02 Å². The van der Waals surface area contributed by atoms with Crippen molar-refractivity contribution in [2.75, 3.05) is 6.54 Å². The quantitative estimate of drug-likeness (QED) is 0.893. The van der Waals surface area contributed by atoms with Gasteiger partial charge in [0.15, 0.2) is 11.5 Å². The number of hydrogen-bond donors (Lipinski definition) is 1. The first-order valence-corrected chi connectivity index (χ1v) is 6.85. The zero-order valence-corrected chi connectivity index (χ0v) is 11.5. The number of hydrogen-bond acceptors (Lipinski definition) is 3. The number of rotatable bonds is 2. The smallest absolute Gasteiger partial charge is 0.246 e. The molecule has 1 aromatic rings. The molecular formula is C14H18ClNO2. The van der Waals surface area contributed by atoms with Gasteiger partial charge in [0.05, 0.1) is 0 Å². The molecule has 0 aromatic heterocycles. The average molecular weight is 268 g/mol. The van der Waals surface area contributed by atoms with Crippen LogP contribution >= 0.6 is 11.6 Å². The highest BCUT2D eigenvalue weighted by Gasteiger charge is 2.32. The van der Waals surface area contributed by atoms with E-state index in [-0.39, 0.29) is 0 Å². The summed E-state index contributed by atoms with van der Waals surface area (Å²) < 4.78 is 11.4. The van der Waals surface area contributed by atoms with E-state index in [4.69, 9.17) is 21.1 Å². The highest BCUT2D eigenvalue weighted by atomic mass is 35.5. The molecule has 1 fully saturated rings. The standard InChI is InChI=1S/C14H18ClNO2/c1-14(2)17-12-7-9(6-10-4-3-5-16-10)11(15)8-13(12)18-14/h7-8,10,16H,3-6H2,1-2H3. The van der Waals surface area contributed by atoms with Crippen LogP contribution in [0.1, 0.15) is 32.3 Å². The first-order chi connectivity index (χ1) is 8.53. The second kappa shape index (κ2) is 4.32. The second-order valence-corrected chi connectivity index (χ2v) is 5.90. The molecule has 1 saturated heterocycles. The van der Waals surface area contributed by atoms with E-state index in [1.807, 2.05) is 26.0 Å². The minimum Gasteiger partial charge on any atom is -0.449 e. The summed E-state index contributed by atoms with van der Waals surface area (Å²) in [5.41, 5.74) is 1.14. The number of fused-ring (bicyclic) bond motifs is 1. The van der Waals surface area contributed by atoms with Gasteiger partial charge in [-0.2, -0.15) is 0 Å². The van der Waals surface area contributed by atoms with Gasteiger partial charge in [0, 0.05) is 31.0 Å². The van der Waals surface area contributed by atoms with Gasteiger partial charge in [-0.05, 0) is 37.4 Å². The first-order valence-electron chi connectivity index (χ1n) is 6.47. The van der Waals surface area contributed by atoms with Crippen LogP contribution in [0, 0.1) is 0 Å². The summed E-state index contributed by atoms with van der Waals surface area (Å²) in [6.45, 7) is 4.91. The average Bonchev–Trinajstić information content (AvgIpc) is 2.85. The van der Waals surface area contributed by atoms with Crippen molar-refractivity contribution >= 4 is 11.6 Å². The Balaban J connectivity index is 1.84. The third-order valence-electron chi connectivity index (χ3n) is 3.45. The van der Waals surface area contributed by atoms with Crippen molar-refractivity contribution < 1.29 is 9.47 Å². The molecule has 4 heteroatoms. The van der Waals surface area contributed by atoms with E-state index in [1.54, 1.807) is 0 Å². The van der Waals surface area contributed by atoms with Crippen LogP contribution < -0.4 is 14.8 Å². The lowest BCUT2D eigenvalue weighted by Gasteiger charge is -2.16. The molecule has 2 aliphatic heterocycles. The van der Waals surface area contributed by atoms with Crippen LogP contribution in [0.4, 0.5) is 0 Å². The fourth-order valence-corrected chi connectivity index (χ4v) is 2.87. The molecule has 0 spiro atoms. The molecule has 0 amide bonds. The van der Waals surface area contributed by atoms with Gasteiger partial charge in [-0.1, -0.05) is 11.6 Å². The third-order valence-corrected chi connectivity index (χ3v) is 3.80. The summed E-state index contributed by atoms with van der Waals surface area (Å²) in [6.07, 6.45) is 3.42. The van der Waals surface area contributed by atoms with Crippen LogP contribution in [0.25, 0.3) is 0 Å². The first kappa shape index (κ1) is 12.1. The van der Waals surface area contributed by atoms with E-state index < -0.39 is 5.79 Å². The molecular weight excluding hydrogens is 250 g/mol. The van der Waals surface area contributed by atoms with Gasteiger partial charge in [-0.3, -0.25) is 0 Å². The molecule has 0 bridgehead atoms. The maximum absolute atomic E-state index is 6.32. The minimum atomic E-state index is -0.587. The van der Waals surface area contributed by atoms with Crippen molar-refractivity contribution in [3.05, 3.63) is 22.7 Å². The normalized spacial score (nSPS) is 24.5. The second-order valence-electron chi connectivity index (χ2n) is 5.49. The van der Waals surface area contributed by atoms with Gasteiger partial charge in [0.25, 0.3) is 0 Å². The van der Waals surface area contributed by atoms with Crippen molar-refractivity contribution in [1.82, 2.24) is 5.32 Å². The molecule has 0 radical (unpaired) electrons. The zero-order chi connectivity index (χ0) is 12.8. The van der Waals surface area contributed by atoms with E-state index in [0.717, 1.165) is 35.1 Å². The van der Waals surface area contributed by atoms with E-state index in [1.165, 1.54) is 12.8 Å². The van der Waals surface area contributed by atoms with E-state index in [2.05, 4.69) is 5.32 Å². The van der Waals surface area contributed by atoms with Crippen LogP contribution in [-0.4, -0.2) is 18.4 Å². The summed E-state index contributed by atoms with van der Waals surface area (Å²) in [7, 11) is 0. The minimum absolute atomic E-state index is 0.538. The summed E-state index contributed by atoms with van der Waals surface area (Å²) in [5, 5.41) is 4.25. The summed E-state index contributed by atoms with van der Waals surface area (Å²) in [4.78, 5) is 0. The van der Waals surface area contributed by atoms with E-state index in [9.17, 15) is 0 Å². The lowest BCUT2D eigenvalue weighted by Crippen LogP contribution is -2.29. The molecule has 1 aromatic carbocycles. The van der Waals surface area contributed by atoms with Gasteiger partial charge >= 0.3 is 0 Å². The highest BCUT2D eigenvalue weighted by molar-refractivity contribution is 6.31. The predicted molar refractivity (Wildman–Crippen MR) is 71.5 cm³/mol. The molecule has 98 valence electrons. The molecule has 2 aliphatic rings. The van der Waals surface area contributed by atoms with Crippen LogP contribution in [0.5, 0.6) is 11.5 Å². The lowest BCUT2D eigenvalue weighted by molar-refractivity contribution is -0.0431. The van der Waals surface area contributed by atoms with Gasteiger partial charge < -0.3 is 14.8 Å². The van der Waals surface area contributed by atoms with Crippen molar-refractivity contribution in [2.45, 2.75) is 44.9 Å². The highest BCUT2D eigenvalue weighted by Crippen LogP contribution is 2.42. The predicted octanol–water partition coefficient (Wildman–Crippen LogP) is 3.14. The fraction of sp³-hybridized carbons (Fsp3) is 0.571. The monoisotopic (exact) mass is 267 g/mol. The van der Waals surface area contributed by atoms with Crippen LogP contribution in [-0.2, 0) is 6.42 Å². The Labute approximate surface area is 112 Å². The third kappa shape index (κ3) is 2.29. The van der Waals surface area contributed by atoms with Crippen molar-refractivity contribution in [3.63, 3.8) is 0 Å². The molecule has 3 nitrogen and oxygen atoms in total. The number of halogens is 1. The summed E-state index contributed by atoms with van der Waals surface area (Å²) in [6, 6.07) is 4.43. The van der Waals surface area contributed by atoms with Gasteiger partial charge in [0.2, 0.25) is 5.79 Å². The Kier molecular flexibility index (Phi) is 2.91. The Morgan fingerprint density at radius 3 is 2.72 bits per heavy atom. The summed E-state index contributed by atoms with van der Waals surface area (Å²) in [5.74, 6) is 0.959. The molecule has 0 aliphatic carbocycles. The maximum atomic E-state index is 6.32. The Bertz CT molecular complexity index is 467. The van der Waals surface area contributed by atoms with E-state index in [0.29, 0.717) is 6.04 Å². The fourth-order valence-electron chi connectivity index (χ4n) is 2.64. The van der Waals surface area contributed by atoms with Crippen molar-refractivity contribution in [3.8, 4) is 11.5 Å². The van der Waals surface area contributed by atoms with Crippen LogP contribution in [0.15, 0.2) is 12.1 Å². The topological polar surface area (TPSA) is 30.5 Å². The molecule has 18 heavy (non-hydrogen) atoms. The van der Waals surface area contributed by atoms with Crippen molar-refractivity contribution in [1.29, 1.82) is 0 Å². The van der Waals surface area contributed by atoms with Gasteiger partial charge in [-0.15, -0.1) is 0 Å². The lowest BCUT2D eigenvalue weighted by atomic mass is 10.0. The number of benzene rings is 1. The van der Waals surface area contributed by atoms with Gasteiger partial charge in [0.1, 0.15) is 0 Å². The Morgan fingerprint density at radius 1 is 1.33 bits per heavy atom. The van der Waals surface area contributed by atoms with E-state index >= 15 is 0 Å². The largest absolute Gasteiger partial charge is 0.449 e. The molecule has 1 unspecified atom stereocenters. The Morgan fingerprint density at radius 2 is 2.06 bits per heavy atom. The summed E-state index contributed by atoms with van der Waals surface area (Å²) >= 11 is 6.32. The zero-order valence-electron chi connectivity index (χ0n) is 10.8. The SMILES string of the molecule is CC1(C)Oc2cc(Cl)c(CC3CCCN3)cc2O1. The molecule has 2 heterocycles. The number of ether oxygens (including phenoxy) is 2. The number of nitrogens with one attached hydrogen (secondary N) is 1.